The van der Waals surface area contributed by atoms with Crippen LogP contribution in [0.1, 0.15) is 48.3 Å². The first-order valence-corrected chi connectivity index (χ1v) is 9.66. The normalized spacial score (nSPS) is 24.2. The van der Waals surface area contributed by atoms with Crippen LogP contribution in [0.3, 0.4) is 0 Å². The molecule has 0 saturated carbocycles. The van der Waals surface area contributed by atoms with Crippen LogP contribution in [0.2, 0.25) is 6.32 Å². The molecule has 1 aromatic carbocycles. The highest BCUT2D eigenvalue weighted by molar-refractivity contribution is 6.40. The van der Waals surface area contributed by atoms with Gasteiger partial charge in [-0.2, -0.15) is 0 Å². The largest absolute Gasteiger partial charge is 0.481 e. The zero-order valence-corrected chi connectivity index (χ0v) is 15.6. The molecule has 1 aromatic rings. The van der Waals surface area contributed by atoms with Gasteiger partial charge in [-0.05, 0) is 42.3 Å². The van der Waals surface area contributed by atoms with Crippen LogP contribution in [0, 0.1) is 11.7 Å². The number of nitrogens with zero attached hydrogens (tertiary/aromatic N) is 1. The van der Waals surface area contributed by atoms with Crippen molar-refractivity contribution in [2.45, 2.75) is 56.8 Å². The van der Waals surface area contributed by atoms with Gasteiger partial charge in [0, 0.05) is 38.0 Å². The molecule has 0 spiro atoms. The summed E-state index contributed by atoms with van der Waals surface area (Å²) in [5.41, 5.74) is 1.58. The van der Waals surface area contributed by atoms with Crippen molar-refractivity contribution >= 4 is 13.1 Å². The Bertz CT molecular complexity index is 721. The summed E-state index contributed by atoms with van der Waals surface area (Å²) in [4.78, 5) is 13.6. The number of carboxylic acid groups (broad SMARTS) is 1. The van der Waals surface area contributed by atoms with E-state index in [9.17, 15) is 23.1 Å². The Kier molecular flexibility index (Phi) is 6.36. The van der Waals surface area contributed by atoms with E-state index >= 15 is 0 Å². The van der Waals surface area contributed by atoms with Crippen LogP contribution >= 0.6 is 0 Å². The zero-order chi connectivity index (χ0) is 20.5. The summed E-state index contributed by atoms with van der Waals surface area (Å²) in [6.45, 7) is 0.541. The van der Waals surface area contributed by atoms with Crippen LogP contribution in [0.15, 0.2) is 12.1 Å². The Labute approximate surface area is 162 Å². The molecule has 154 valence electrons. The van der Waals surface area contributed by atoms with E-state index in [2.05, 4.69) is 0 Å². The van der Waals surface area contributed by atoms with Gasteiger partial charge in [0.15, 0.2) is 0 Å². The number of rotatable bonds is 7. The molecule has 2 aliphatic rings. The van der Waals surface area contributed by atoms with E-state index < -0.39 is 30.7 Å². The molecular formula is C19H25BF3NO4. The first-order chi connectivity index (χ1) is 13.2. The Balaban J connectivity index is 1.74. The predicted octanol–water partition coefficient (Wildman–Crippen LogP) is 2.65. The third kappa shape index (κ3) is 4.88. The van der Waals surface area contributed by atoms with Gasteiger partial charge in [-0.25, -0.2) is 13.2 Å². The highest BCUT2D eigenvalue weighted by atomic mass is 19.3. The topological polar surface area (TPSA) is 81.0 Å². The smallest absolute Gasteiger partial charge is 0.451 e. The molecule has 0 radical (unpaired) electrons. The molecule has 0 amide bonds. The van der Waals surface area contributed by atoms with Gasteiger partial charge in [0.2, 0.25) is 0 Å². The summed E-state index contributed by atoms with van der Waals surface area (Å²) in [5.74, 6) is -5.09. The van der Waals surface area contributed by atoms with Gasteiger partial charge in [0.25, 0.3) is 5.92 Å². The lowest BCUT2D eigenvalue weighted by atomic mass is 9.80. The number of halogens is 3. The second-order valence-corrected chi connectivity index (χ2v) is 7.97. The Morgan fingerprint density at radius 3 is 2.54 bits per heavy atom. The molecule has 9 heteroatoms. The van der Waals surface area contributed by atoms with E-state index in [0.29, 0.717) is 36.0 Å². The molecule has 28 heavy (non-hydrogen) atoms. The molecule has 5 nitrogen and oxygen atoms in total. The number of alkyl halides is 2. The molecule has 1 saturated heterocycles. The van der Waals surface area contributed by atoms with Crippen molar-refractivity contribution in [1.29, 1.82) is 0 Å². The number of carboxylic acids is 1. The highest BCUT2D eigenvalue weighted by Gasteiger charge is 2.39. The molecule has 1 heterocycles. The minimum atomic E-state index is -2.67. The lowest BCUT2D eigenvalue weighted by Gasteiger charge is -2.31. The highest BCUT2D eigenvalue weighted by Crippen LogP contribution is 2.42. The average Bonchev–Trinajstić information content (AvgIpc) is 2.93. The van der Waals surface area contributed by atoms with Crippen LogP contribution in [0.5, 0.6) is 0 Å². The monoisotopic (exact) mass is 399 g/mol. The Hall–Kier alpha value is -1.58. The number of benzene rings is 1. The first-order valence-electron chi connectivity index (χ1n) is 9.66. The van der Waals surface area contributed by atoms with Gasteiger partial charge in [-0.15, -0.1) is 0 Å². The van der Waals surface area contributed by atoms with E-state index in [-0.39, 0.29) is 44.7 Å². The number of hydrogen-bond donors (Lipinski definition) is 3. The van der Waals surface area contributed by atoms with Crippen LogP contribution in [-0.2, 0) is 17.8 Å². The zero-order valence-electron chi connectivity index (χ0n) is 15.6. The standard InChI is InChI=1S/C19H25BF3NO4/c21-16-10-13-8-12(2-1-5-20(27)28)17(18(25)26)15(13)9-14(16)11-24-6-3-19(22,23)4-7-24/h9-10,12,17,27-28H,1-8,11H2,(H,25,26). The molecule has 3 N–H and O–H groups in total. The summed E-state index contributed by atoms with van der Waals surface area (Å²) in [6.07, 6.45) is 1.06. The number of piperidine rings is 1. The number of carbonyl (C=O) groups is 1. The van der Waals surface area contributed by atoms with Crippen molar-refractivity contribution < 1.29 is 33.1 Å². The fraction of sp³-hybridized carbons (Fsp3) is 0.632. The van der Waals surface area contributed by atoms with Gasteiger partial charge < -0.3 is 15.2 Å². The first kappa shape index (κ1) is 21.1. The van der Waals surface area contributed by atoms with Crippen LogP contribution in [0.25, 0.3) is 0 Å². The van der Waals surface area contributed by atoms with Crippen LogP contribution in [-0.4, -0.2) is 52.2 Å². The number of hydrogen-bond acceptors (Lipinski definition) is 4. The Morgan fingerprint density at radius 2 is 1.93 bits per heavy atom. The predicted molar refractivity (Wildman–Crippen MR) is 97.7 cm³/mol. The lowest BCUT2D eigenvalue weighted by Crippen LogP contribution is -2.39. The molecular weight excluding hydrogens is 374 g/mol. The van der Waals surface area contributed by atoms with E-state index in [1.54, 1.807) is 11.0 Å². The summed E-state index contributed by atoms with van der Waals surface area (Å²) in [5, 5.41) is 27.6. The SMILES string of the molecule is O=C(O)C1c2cc(CN3CCC(F)(F)CC3)c(F)cc2CC1CCCB(O)O. The molecule has 1 fully saturated rings. The molecule has 0 bridgehead atoms. The van der Waals surface area contributed by atoms with E-state index in [4.69, 9.17) is 10.0 Å². The van der Waals surface area contributed by atoms with Gasteiger partial charge in [-0.1, -0.05) is 12.5 Å². The number of aliphatic carboxylic acids is 1. The summed E-state index contributed by atoms with van der Waals surface area (Å²) < 4.78 is 41.2. The van der Waals surface area contributed by atoms with E-state index in [0.717, 1.165) is 0 Å². The van der Waals surface area contributed by atoms with Crippen molar-refractivity contribution in [2.24, 2.45) is 5.92 Å². The quantitative estimate of drug-likeness (QED) is 0.615. The minimum Gasteiger partial charge on any atom is -0.481 e. The molecule has 2 atom stereocenters. The molecule has 3 rings (SSSR count). The van der Waals surface area contributed by atoms with Crippen molar-refractivity contribution in [1.82, 2.24) is 4.90 Å². The lowest BCUT2D eigenvalue weighted by molar-refractivity contribution is -0.140. The van der Waals surface area contributed by atoms with Gasteiger partial charge in [0.1, 0.15) is 5.82 Å². The Morgan fingerprint density at radius 1 is 1.25 bits per heavy atom. The number of fused-ring (bicyclic) bond motifs is 1. The summed E-state index contributed by atoms with van der Waals surface area (Å²) in [7, 11) is -1.42. The van der Waals surface area contributed by atoms with Crippen LogP contribution in [0.4, 0.5) is 13.2 Å². The van der Waals surface area contributed by atoms with Crippen molar-refractivity contribution in [3.8, 4) is 0 Å². The van der Waals surface area contributed by atoms with Crippen molar-refractivity contribution in [2.75, 3.05) is 13.1 Å². The van der Waals surface area contributed by atoms with E-state index in [1.165, 1.54) is 6.07 Å². The molecule has 1 aliphatic carbocycles. The van der Waals surface area contributed by atoms with Gasteiger partial charge >= 0.3 is 13.1 Å². The maximum absolute atomic E-state index is 14.6. The fourth-order valence-electron chi connectivity index (χ4n) is 4.37. The molecule has 0 aromatic heterocycles. The molecule has 2 unspecified atom stereocenters. The van der Waals surface area contributed by atoms with Gasteiger partial charge in [0.05, 0.1) is 5.92 Å². The summed E-state index contributed by atoms with van der Waals surface area (Å²) >= 11 is 0. The molecule has 1 aliphatic heterocycles. The fourth-order valence-corrected chi connectivity index (χ4v) is 4.37. The van der Waals surface area contributed by atoms with Crippen molar-refractivity contribution in [3.63, 3.8) is 0 Å². The third-order valence-electron chi connectivity index (χ3n) is 5.88. The van der Waals surface area contributed by atoms with Gasteiger partial charge in [-0.3, -0.25) is 9.69 Å². The average molecular weight is 399 g/mol. The van der Waals surface area contributed by atoms with Crippen molar-refractivity contribution in [3.05, 3.63) is 34.6 Å². The second-order valence-electron chi connectivity index (χ2n) is 7.97. The maximum Gasteiger partial charge on any atom is 0.451 e. The maximum atomic E-state index is 14.6. The van der Waals surface area contributed by atoms with Crippen LogP contribution < -0.4 is 0 Å². The third-order valence-corrected chi connectivity index (χ3v) is 5.88. The van der Waals surface area contributed by atoms with E-state index in [1.807, 2.05) is 0 Å². The minimum absolute atomic E-state index is 0.165. The second kappa shape index (κ2) is 8.43. The summed E-state index contributed by atoms with van der Waals surface area (Å²) in [6, 6.07) is 2.96. The number of likely N-dealkylation sites (tertiary alicyclic amines) is 1.